The molecule has 1 aromatic carbocycles. The van der Waals surface area contributed by atoms with E-state index in [1.807, 2.05) is 13.8 Å². The van der Waals surface area contributed by atoms with Gasteiger partial charge in [0.1, 0.15) is 12.4 Å². The van der Waals surface area contributed by atoms with Crippen LogP contribution in [0.2, 0.25) is 0 Å². The maximum Gasteiger partial charge on any atom is 0.340 e. The van der Waals surface area contributed by atoms with Crippen molar-refractivity contribution in [2.24, 2.45) is 0 Å². The molecule has 3 aromatic rings. The van der Waals surface area contributed by atoms with Crippen molar-refractivity contribution in [3.05, 3.63) is 61.7 Å². The van der Waals surface area contributed by atoms with Crippen molar-refractivity contribution in [2.45, 2.75) is 65.2 Å². The Labute approximate surface area is 195 Å². The predicted octanol–water partition coefficient (Wildman–Crippen LogP) is 3.40. The molecule has 0 fully saturated rings. The maximum absolute atomic E-state index is 14.7. The summed E-state index contributed by atoms with van der Waals surface area (Å²) in [4.78, 5) is 29.9. The summed E-state index contributed by atoms with van der Waals surface area (Å²) >= 11 is 0. The van der Waals surface area contributed by atoms with E-state index >= 15 is 0 Å². The third kappa shape index (κ3) is 3.05. The van der Waals surface area contributed by atoms with Gasteiger partial charge < -0.3 is 19.5 Å². The zero-order chi connectivity index (χ0) is 24.3. The number of carbonyl (C=O) groups is 1. The van der Waals surface area contributed by atoms with Gasteiger partial charge in [0.25, 0.3) is 5.56 Å². The highest BCUT2D eigenvalue weighted by Gasteiger charge is 2.37. The van der Waals surface area contributed by atoms with Crippen molar-refractivity contribution < 1.29 is 24.1 Å². The molecule has 8 heteroatoms. The first-order chi connectivity index (χ1) is 16.4. The second kappa shape index (κ2) is 8.29. The van der Waals surface area contributed by atoms with Crippen LogP contribution in [0.15, 0.2) is 16.9 Å². The van der Waals surface area contributed by atoms with Gasteiger partial charge in [0.2, 0.25) is 0 Å². The molecule has 0 amide bonds. The number of rotatable bonds is 2. The molecule has 0 spiro atoms. The molecule has 34 heavy (non-hydrogen) atoms. The van der Waals surface area contributed by atoms with Gasteiger partial charge in [-0.15, -0.1) is 0 Å². The highest BCUT2D eigenvalue weighted by Crippen LogP contribution is 2.46. The number of nitrogens with zero attached hydrogens (tertiary/aromatic N) is 2. The molecule has 4 heterocycles. The number of aromatic nitrogens is 2. The minimum absolute atomic E-state index is 0.0333. The van der Waals surface area contributed by atoms with E-state index in [4.69, 9.17) is 9.72 Å². The van der Waals surface area contributed by atoms with Gasteiger partial charge in [0, 0.05) is 29.2 Å². The van der Waals surface area contributed by atoms with E-state index in [-0.39, 0.29) is 41.6 Å². The number of benzene rings is 1. The van der Waals surface area contributed by atoms with Crippen LogP contribution in [-0.4, -0.2) is 32.3 Å². The fourth-order valence-electron chi connectivity index (χ4n) is 5.64. The average molecular weight is 467 g/mol. The molecule has 0 saturated heterocycles. The number of halogens is 1. The van der Waals surface area contributed by atoms with Crippen LogP contribution in [0.3, 0.4) is 0 Å². The van der Waals surface area contributed by atoms with Crippen LogP contribution in [0.4, 0.5) is 4.39 Å². The van der Waals surface area contributed by atoms with Crippen molar-refractivity contribution in [2.75, 3.05) is 6.61 Å². The fourth-order valence-corrected chi connectivity index (χ4v) is 5.64. The molecule has 2 N–H and O–H groups in total. The number of cyclic esters (lactones) is 1. The molecule has 0 saturated carbocycles. The monoisotopic (exact) mass is 466 g/mol. The summed E-state index contributed by atoms with van der Waals surface area (Å²) in [5, 5.41) is 20.9. The number of hydrogen-bond donors (Lipinski definition) is 2. The first-order valence-corrected chi connectivity index (χ1v) is 11.8. The molecular weight excluding hydrogens is 439 g/mol. The van der Waals surface area contributed by atoms with Crippen LogP contribution < -0.4 is 5.56 Å². The summed E-state index contributed by atoms with van der Waals surface area (Å²) in [5.74, 6) is -1.02. The van der Waals surface area contributed by atoms with Crippen LogP contribution in [-0.2, 0) is 29.1 Å². The molecule has 2 aromatic heterocycles. The number of ether oxygens (including phenoxy) is 1. The summed E-state index contributed by atoms with van der Waals surface area (Å²) in [6, 6.07) is 3.07. The summed E-state index contributed by atoms with van der Waals surface area (Å²) in [5.41, 5.74) is 5.25. The van der Waals surface area contributed by atoms with Gasteiger partial charge in [-0.05, 0) is 54.9 Å². The van der Waals surface area contributed by atoms with E-state index in [9.17, 15) is 24.2 Å². The van der Waals surface area contributed by atoms with Crippen molar-refractivity contribution in [1.29, 1.82) is 0 Å². The highest BCUT2D eigenvalue weighted by atomic mass is 19.1. The van der Waals surface area contributed by atoms with Gasteiger partial charge in [-0.1, -0.05) is 13.8 Å². The Balaban J connectivity index is 0.00000117. The molecule has 1 aliphatic carbocycles. The SMILES string of the molecule is CC.Cc1c(F)cc2nc3c(c4c2c1CCC4CCO)Cn1c-3cc2c(c1=O)COC(=O)C2O. The predicted molar refractivity (Wildman–Crippen MR) is 124 cm³/mol. The molecule has 178 valence electrons. The van der Waals surface area contributed by atoms with Crippen LogP contribution in [0.1, 0.15) is 72.1 Å². The lowest BCUT2D eigenvalue weighted by molar-refractivity contribution is -0.157. The summed E-state index contributed by atoms with van der Waals surface area (Å²) < 4.78 is 21.3. The third-order valence-electron chi connectivity index (χ3n) is 7.24. The van der Waals surface area contributed by atoms with Gasteiger partial charge in [0.05, 0.1) is 29.0 Å². The van der Waals surface area contributed by atoms with Crippen molar-refractivity contribution in [1.82, 2.24) is 9.55 Å². The second-order valence-electron chi connectivity index (χ2n) is 8.82. The standard InChI is InChI=1S/C24H21FN2O5.C2H6/c1-10-12-3-2-11(4-5-28)19-14-8-27-18(21(14)26-17(20(12)19)7-16(10)25)6-13-15(23(27)30)9-32-24(31)22(13)29;1-2/h6-7,11,22,28-29H,2-5,8-9H2,1H3;1-2H3. The van der Waals surface area contributed by atoms with Crippen LogP contribution in [0.25, 0.3) is 22.3 Å². The molecular formula is C26H27FN2O5. The summed E-state index contributed by atoms with van der Waals surface area (Å²) in [6.45, 7) is 5.94. The highest BCUT2D eigenvalue weighted by molar-refractivity contribution is 5.93. The van der Waals surface area contributed by atoms with Crippen LogP contribution >= 0.6 is 0 Å². The lowest BCUT2D eigenvalue weighted by Crippen LogP contribution is -2.32. The number of esters is 1. The van der Waals surface area contributed by atoms with E-state index in [1.165, 1.54) is 6.07 Å². The molecule has 0 bridgehead atoms. The smallest absolute Gasteiger partial charge is 0.340 e. The maximum atomic E-state index is 14.7. The fraction of sp³-hybridized carbons (Fsp3) is 0.423. The molecule has 6 rings (SSSR count). The van der Waals surface area contributed by atoms with Gasteiger partial charge >= 0.3 is 5.97 Å². The molecule has 2 unspecified atom stereocenters. The molecule has 2 atom stereocenters. The molecule has 2 aliphatic heterocycles. The minimum atomic E-state index is -1.52. The Kier molecular flexibility index (Phi) is 5.53. The Morgan fingerprint density at radius 1 is 1.21 bits per heavy atom. The topological polar surface area (TPSA) is 102 Å². The van der Waals surface area contributed by atoms with E-state index in [0.29, 0.717) is 41.9 Å². The second-order valence-corrected chi connectivity index (χ2v) is 8.82. The number of aryl methyl sites for hydroxylation is 1. The van der Waals surface area contributed by atoms with Crippen LogP contribution in [0.5, 0.6) is 0 Å². The molecule has 7 nitrogen and oxygen atoms in total. The number of carbonyl (C=O) groups excluding carboxylic acids is 1. The van der Waals surface area contributed by atoms with Gasteiger partial charge in [-0.2, -0.15) is 0 Å². The van der Waals surface area contributed by atoms with Gasteiger partial charge in [-0.25, -0.2) is 14.2 Å². The summed E-state index contributed by atoms with van der Waals surface area (Å²) in [6.07, 6.45) is 0.552. The van der Waals surface area contributed by atoms with Crippen molar-refractivity contribution in [3.8, 4) is 11.4 Å². The van der Waals surface area contributed by atoms with E-state index in [1.54, 1.807) is 17.6 Å². The lowest BCUT2D eigenvalue weighted by Gasteiger charge is -2.28. The Bertz CT molecular complexity index is 1410. The normalized spacial score (nSPS) is 19.6. The molecule has 3 aliphatic rings. The first-order valence-electron chi connectivity index (χ1n) is 11.8. The number of aliphatic hydroxyl groups is 2. The number of hydrogen-bond acceptors (Lipinski definition) is 6. The number of aliphatic hydroxyl groups excluding tert-OH is 2. The zero-order valence-electron chi connectivity index (χ0n) is 19.4. The van der Waals surface area contributed by atoms with Gasteiger partial charge in [0.15, 0.2) is 6.10 Å². The Morgan fingerprint density at radius 3 is 2.71 bits per heavy atom. The average Bonchev–Trinajstić information content (AvgIpc) is 3.21. The summed E-state index contributed by atoms with van der Waals surface area (Å²) in [7, 11) is 0. The molecule has 0 radical (unpaired) electrons. The lowest BCUT2D eigenvalue weighted by atomic mass is 9.77. The van der Waals surface area contributed by atoms with E-state index < -0.39 is 12.1 Å². The first kappa shape index (κ1) is 22.7. The third-order valence-corrected chi connectivity index (χ3v) is 7.24. The number of fused-ring (bicyclic) bond motifs is 5. The van der Waals surface area contributed by atoms with E-state index in [2.05, 4.69) is 0 Å². The van der Waals surface area contributed by atoms with Crippen LogP contribution in [0, 0.1) is 12.7 Å². The largest absolute Gasteiger partial charge is 0.458 e. The van der Waals surface area contributed by atoms with Crippen molar-refractivity contribution in [3.63, 3.8) is 0 Å². The van der Waals surface area contributed by atoms with E-state index in [0.717, 1.165) is 28.5 Å². The number of pyridine rings is 2. The minimum Gasteiger partial charge on any atom is -0.458 e. The quantitative estimate of drug-likeness (QED) is 0.439. The Morgan fingerprint density at radius 2 is 1.97 bits per heavy atom. The zero-order valence-corrected chi connectivity index (χ0v) is 19.4. The van der Waals surface area contributed by atoms with Gasteiger partial charge in [-0.3, -0.25) is 4.79 Å². The Hall–Kier alpha value is -3.10. The van der Waals surface area contributed by atoms with Crippen molar-refractivity contribution >= 4 is 16.9 Å².